The van der Waals surface area contributed by atoms with Crippen molar-refractivity contribution < 1.29 is 9.84 Å². The van der Waals surface area contributed by atoms with Crippen LogP contribution in [-0.4, -0.2) is 23.4 Å². The molecule has 2 nitrogen and oxygen atoms in total. The van der Waals surface area contributed by atoms with Gasteiger partial charge in [-0.15, -0.1) is 0 Å². The fraction of sp³-hybridized carbons (Fsp3) is 1.00. The second-order valence-corrected chi connectivity index (χ2v) is 4.90. The average molecular weight is 174 g/mol. The molecule has 0 aromatic rings. The molecular weight excluding hydrogens is 152 g/mol. The Hall–Kier alpha value is -0.0800. The Kier molecular flexibility index (Phi) is 2.98. The maximum Gasteiger partial charge on any atom is 0.0700 e. The molecule has 0 amide bonds. The first-order valence-corrected chi connectivity index (χ1v) is 4.34. The van der Waals surface area contributed by atoms with Gasteiger partial charge in [0, 0.05) is 12.5 Å². The van der Waals surface area contributed by atoms with Gasteiger partial charge < -0.3 is 9.84 Å². The van der Waals surface area contributed by atoms with E-state index in [0.29, 0.717) is 0 Å². The van der Waals surface area contributed by atoms with Crippen molar-refractivity contribution in [2.75, 3.05) is 7.11 Å². The van der Waals surface area contributed by atoms with E-state index in [-0.39, 0.29) is 11.0 Å². The standard InChI is InChI=1S/C10H22O2/c1-8(2,9(3,4)11)10(5,6)12-7/h11H,1-7H3. The Bertz CT molecular complexity index is 152. The van der Waals surface area contributed by atoms with Gasteiger partial charge in [-0.2, -0.15) is 0 Å². The third-order valence-corrected chi connectivity index (χ3v) is 3.54. The van der Waals surface area contributed by atoms with Crippen LogP contribution in [0.4, 0.5) is 0 Å². The van der Waals surface area contributed by atoms with Crippen molar-refractivity contribution >= 4 is 0 Å². The van der Waals surface area contributed by atoms with Crippen molar-refractivity contribution in [1.29, 1.82) is 0 Å². The summed E-state index contributed by atoms with van der Waals surface area (Å²) in [5, 5.41) is 9.93. The predicted octanol–water partition coefficient (Wildman–Crippen LogP) is 2.21. The molecule has 0 atom stereocenters. The van der Waals surface area contributed by atoms with E-state index in [1.54, 1.807) is 7.11 Å². The van der Waals surface area contributed by atoms with Crippen LogP contribution in [0.5, 0.6) is 0 Å². The van der Waals surface area contributed by atoms with Crippen molar-refractivity contribution in [3.8, 4) is 0 Å². The van der Waals surface area contributed by atoms with Crippen LogP contribution in [0.1, 0.15) is 41.5 Å². The molecule has 0 aromatic heterocycles. The monoisotopic (exact) mass is 174 g/mol. The van der Waals surface area contributed by atoms with E-state index in [1.807, 2.05) is 41.5 Å². The van der Waals surface area contributed by atoms with Gasteiger partial charge in [-0.25, -0.2) is 0 Å². The number of hydrogen-bond donors (Lipinski definition) is 1. The highest BCUT2D eigenvalue weighted by Crippen LogP contribution is 2.42. The molecule has 0 unspecified atom stereocenters. The summed E-state index contributed by atoms with van der Waals surface area (Å²) < 4.78 is 5.37. The molecule has 1 N–H and O–H groups in total. The summed E-state index contributed by atoms with van der Waals surface area (Å²) in [4.78, 5) is 0. The molecule has 0 saturated carbocycles. The molecule has 0 bridgehead atoms. The van der Waals surface area contributed by atoms with Crippen molar-refractivity contribution in [1.82, 2.24) is 0 Å². The number of rotatable bonds is 3. The summed E-state index contributed by atoms with van der Waals surface area (Å²) in [6.45, 7) is 11.6. The summed E-state index contributed by atoms with van der Waals surface area (Å²) in [7, 11) is 1.67. The smallest absolute Gasteiger partial charge is 0.0700 e. The fourth-order valence-corrected chi connectivity index (χ4v) is 0.992. The Morgan fingerprint density at radius 3 is 1.33 bits per heavy atom. The summed E-state index contributed by atoms with van der Waals surface area (Å²) in [6.07, 6.45) is 0. The minimum Gasteiger partial charge on any atom is -0.390 e. The van der Waals surface area contributed by atoms with Crippen LogP contribution in [0, 0.1) is 5.41 Å². The maximum absolute atomic E-state index is 9.93. The molecule has 0 saturated heterocycles. The molecule has 0 heterocycles. The zero-order valence-corrected chi connectivity index (χ0v) is 9.36. The van der Waals surface area contributed by atoms with Crippen LogP contribution in [-0.2, 0) is 4.74 Å². The first kappa shape index (κ1) is 11.9. The highest BCUT2D eigenvalue weighted by Gasteiger charge is 2.47. The van der Waals surface area contributed by atoms with E-state index < -0.39 is 5.60 Å². The van der Waals surface area contributed by atoms with Gasteiger partial charge in [0.1, 0.15) is 0 Å². The highest BCUT2D eigenvalue weighted by atomic mass is 16.5. The summed E-state index contributed by atoms with van der Waals surface area (Å²) >= 11 is 0. The number of aliphatic hydroxyl groups is 1. The average Bonchev–Trinajstić information content (AvgIpc) is 1.85. The highest BCUT2D eigenvalue weighted by molar-refractivity contribution is 4.97. The zero-order chi connectivity index (χ0) is 10.2. The van der Waals surface area contributed by atoms with E-state index >= 15 is 0 Å². The first-order chi connectivity index (χ1) is 5.06. The second-order valence-electron chi connectivity index (χ2n) is 4.90. The molecule has 74 valence electrons. The minimum atomic E-state index is -0.744. The van der Waals surface area contributed by atoms with E-state index in [2.05, 4.69) is 0 Å². The molecule has 0 spiro atoms. The Morgan fingerprint density at radius 2 is 1.25 bits per heavy atom. The lowest BCUT2D eigenvalue weighted by Crippen LogP contribution is -2.53. The van der Waals surface area contributed by atoms with Crippen LogP contribution in [0.2, 0.25) is 0 Å². The van der Waals surface area contributed by atoms with E-state index in [9.17, 15) is 5.11 Å². The van der Waals surface area contributed by atoms with Crippen LogP contribution < -0.4 is 0 Å². The van der Waals surface area contributed by atoms with Crippen molar-refractivity contribution in [2.45, 2.75) is 52.7 Å². The minimum absolute atomic E-state index is 0.283. The first-order valence-electron chi connectivity index (χ1n) is 4.34. The molecule has 2 heteroatoms. The molecule has 0 aromatic carbocycles. The van der Waals surface area contributed by atoms with E-state index in [0.717, 1.165) is 0 Å². The molecule has 0 aliphatic carbocycles. The molecule has 0 radical (unpaired) electrons. The van der Waals surface area contributed by atoms with Gasteiger partial charge in [0.2, 0.25) is 0 Å². The second kappa shape index (κ2) is 3.00. The molecule has 0 aliphatic heterocycles. The molecule has 12 heavy (non-hydrogen) atoms. The largest absolute Gasteiger partial charge is 0.390 e. The lowest BCUT2D eigenvalue weighted by molar-refractivity contribution is -0.162. The van der Waals surface area contributed by atoms with Gasteiger partial charge in [-0.1, -0.05) is 13.8 Å². The van der Waals surface area contributed by atoms with Gasteiger partial charge >= 0.3 is 0 Å². The Balaban J connectivity index is 4.85. The van der Waals surface area contributed by atoms with Gasteiger partial charge in [-0.3, -0.25) is 0 Å². The van der Waals surface area contributed by atoms with Crippen LogP contribution >= 0.6 is 0 Å². The third kappa shape index (κ3) is 1.80. The van der Waals surface area contributed by atoms with E-state index in [4.69, 9.17) is 4.74 Å². The topological polar surface area (TPSA) is 29.5 Å². The van der Waals surface area contributed by atoms with Gasteiger partial charge in [0.15, 0.2) is 0 Å². The number of hydrogen-bond acceptors (Lipinski definition) is 2. The van der Waals surface area contributed by atoms with Gasteiger partial charge in [0.05, 0.1) is 11.2 Å². The summed E-state index contributed by atoms with van der Waals surface area (Å²) in [5.74, 6) is 0. The van der Waals surface area contributed by atoms with E-state index in [1.165, 1.54) is 0 Å². The quantitative estimate of drug-likeness (QED) is 0.711. The summed E-state index contributed by atoms with van der Waals surface area (Å²) in [5.41, 5.74) is -1.35. The van der Waals surface area contributed by atoms with Gasteiger partial charge in [0.25, 0.3) is 0 Å². The van der Waals surface area contributed by atoms with Crippen molar-refractivity contribution in [3.05, 3.63) is 0 Å². The lowest BCUT2D eigenvalue weighted by atomic mass is 9.66. The molecular formula is C10H22O2. The van der Waals surface area contributed by atoms with Crippen LogP contribution in [0.3, 0.4) is 0 Å². The Labute approximate surface area is 75.9 Å². The SMILES string of the molecule is COC(C)(C)C(C)(C)C(C)(C)O. The van der Waals surface area contributed by atoms with Crippen molar-refractivity contribution in [3.63, 3.8) is 0 Å². The molecule has 0 fully saturated rings. The predicted molar refractivity (Wildman–Crippen MR) is 51.2 cm³/mol. The fourth-order valence-electron chi connectivity index (χ4n) is 0.992. The maximum atomic E-state index is 9.93. The van der Waals surface area contributed by atoms with Crippen LogP contribution in [0.25, 0.3) is 0 Å². The van der Waals surface area contributed by atoms with Crippen LogP contribution in [0.15, 0.2) is 0 Å². The molecule has 0 rings (SSSR count). The summed E-state index contributed by atoms with van der Waals surface area (Å²) in [6, 6.07) is 0. The zero-order valence-electron chi connectivity index (χ0n) is 9.36. The van der Waals surface area contributed by atoms with Crippen molar-refractivity contribution in [2.24, 2.45) is 5.41 Å². The normalized spacial score (nSPS) is 15.0. The number of methoxy groups -OCH3 is 1. The molecule has 0 aliphatic rings. The Morgan fingerprint density at radius 1 is 0.917 bits per heavy atom. The van der Waals surface area contributed by atoms with Gasteiger partial charge in [-0.05, 0) is 27.7 Å². The third-order valence-electron chi connectivity index (χ3n) is 3.54. The lowest BCUT2D eigenvalue weighted by Gasteiger charge is -2.48. The number of ether oxygens (including phenoxy) is 1.